The number of thioether (sulfide) groups is 1. The van der Waals surface area contributed by atoms with Crippen LogP contribution >= 0.6 is 11.8 Å². The second-order valence-electron chi connectivity index (χ2n) is 4.46. The van der Waals surface area contributed by atoms with E-state index in [0.29, 0.717) is 24.7 Å². The number of amides is 1. The summed E-state index contributed by atoms with van der Waals surface area (Å²) < 4.78 is 5.41. The molecule has 0 saturated carbocycles. The van der Waals surface area contributed by atoms with Crippen LogP contribution in [0.15, 0.2) is 0 Å². The molecule has 2 N–H and O–H groups in total. The van der Waals surface area contributed by atoms with E-state index >= 15 is 0 Å². The highest BCUT2D eigenvalue weighted by atomic mass is 32.2. The molecule has 1 amide bonds. The number of nitrogens with one attached hydrogen (secondary N) is 1. The number of carbonyl (C=O) groups is 2. The number of carboxylic acids is 1. The zero-order valence-corrected chi connectivity index (χ0v) is 12.1. The zero-order chi connectivity index (χ0) is 14.0. The topological polar surface area (TPSA) is 75.6 Å². The Morgan fingerprint density at radius 1 is 1.33 bits per heavy atom. The first kappa shape index (κ1) is 17.2. The average Bonchev–Trinajstić information content (AvgIpc) is 2.25. The fourth-order valence-corrected chi connectivity index (χ4v) is 2.09. The molecular formula is C12H23NO4S. The summed E-state index contributed by atoms with van der Waals surface area (Å²) in [6.07, 6.45) is 0.434. The van der Waals surface area contributed by atoms with Gasteiger partial charge < -0.3 is 15.2 Å². The lowest BCUT2D eigenvalue weighted by Gasteiger charge is -2.12. The van der Waals surface area contributed by atoms with Crippen molar-refractivity contribution in [1.82, 2.24) is 5.32 Å². The second kappa shape index (κ2) is 10.2. The van der Waals surface area contributed by atoms with Gasteiger partial charge in [-0.25, -0.2) is 4.79 Å². The molecule has 106 valence electrons. The van der Waals surface area contributed by atoms with Crippen molar-refractivity contribution in [2.45, 2.75) is 33.2 Å². The van der Waals surface area contributed by atoms with Crippen LogP contribution < -0.4 is 5.32 Å². The third kappa shape index (κ3) is 10.4. The van der Waals surface area contributed by atoms with Crippen molar-refractivity contribution in [2.24, 2.45) is 5.92 Å². The molecule has 0 saturated heterocycles. The quantitative estimate of drug-likeness (QED) is 0.590. The molecule has 0 bridgehead atoms. The molecule has 5 nitrogen and oxygen atoms in total. The van der Waals surface area contributed by atoms with Gasteiger partial charge in [0.1, 0.15) is 6.04 Å². The van der Waals surface area contributed by atoms with E-state index < -0.39 is 12.0 Å². The van der Waals surface area contributed by atoms with Gasteiger partial charge in [-0.3, -0.25) is 4.79 Å². The fraction of sp³-hybridized carbons (Fsp3) is 0.833. The summed E-state index contributed by atoms with van der Waals surface area (Å²) in [4.78, 5) is 21.6. The molecule has 0 aromatic heterocycles. The first-order chi connectivity index (χ1) is 8.43. The van der Waals surface area contributed by atoms with Gasteiger partial charge in [0.25, 0.3) is 0 Å². The summed E-state index contributed by atoms with van der Waals surface area (Å²) in [6, 6.07) is -0.786. The van der Waals surface area contributed by atoms with Crippen molar-refractivity contribution in [3.05, 3.63) is 0 Å². The van der Waals surface area contributed by atoms with Crippen LogP contribution in [0.25, 0.3) is 0 Å². The van der Waals surface area contributed by atoms with Crippen LogP contribution in [-0.2, 0) is 14.3 Å². The third-order valence-electron chi connectivity index (χ3n) is 2.05. The number of ether oxygens (including phenoxy) is 1. The van der Waals surface area contributed by atoms with Crippen molar-refractivity contribution in [2.75, 3.05) is 24.7 Å². The van der Waals surface area contributed by atoms with E-state index in [1.54, 1.807) is 11.8 Å². The molecule has 0 aliphatic carbocycles. The SMILES string of the molecule is CC(=O)NC(CCSCCOCC(C)C)C(=O)O. The molecule has 0 aromatic rings. The third-order valence-corrected chi connectivity index (χ3v) is 3.03. The lowest BCUT2D eigenvalue weighted by atomic mass is 10.2. The Bertz CT molecular complexity index is 258. The number of hydrogen-bond donors (Lipinski definition) is 2. The highest BCUT2D eigenvalue weighted by Gasteiger charge is 2.17. The van der Waals surface area contributed by atoms with E-state index in [2.05, 4.69) is 19.2 Å². The van der Waals surface area contributed by atoms with Gasteiger partial charge in [-0.2, -0.15) is 11.8 Å². The van der Waals surface area contributed by atoms with Gasteiger partial charge in [-0.1, -0.05) is 13.8 Å². The Hall–Kier alpha value is -0.750. The van der Waals surface area contributed by atoms with Gasteiger partial charge in [0.05, 0.1) is 6.61 Å². The van der Waals surface area contributed by atoms with Crippen LogP contribution in [0, 0.1) is 5.92 Å². The molecule has 0 radical (unpaired) electrons. The molecule has 6 heteroatoms. The van der Waals surface area contributed by atoms with Crippen LogP contribution in [0.4, 0.5) is 0 Å². The van der Waals surface area contributed by atoms with Crippen molar-refractivity contribution in [3.8, 4) is 0 Å². The van der Waals surface area contributed by atoms with Crippen molar-refractivity contribution >= 4 is 23.6 Å². The van der Waals surface area contributed by atoms with E-state index in [4.69, 9.17) is 9.84 Å². The van der Waals surface area contributed by atoms with Gasteiger partial charge >= 0.3 is 5.97 Å². The molecule has 0 aliphatic rings. The summed E-state index contributed by atoms with van der Waals surface area (Å²) >= 11 is 1.64. The maximum Gasteiger partial charge on any atom is 0.326 e. The summed E-state index contributed by atoms with van der Waals surface area (Å²) in [7, 11) is 0. The van der Waals surface area contributed by atoms with Gasteiger partial charge in [-0.05, 0) is 18.1 Å². The number of carboxylic acid groups (broad SMARTS) is 1. The summed E-state index contributed by atoms with van der Waals surface area (Å²) in [6.45, 7) is 6.95. The lowest BCUT2D eigenvalue weighted by molar-refractivity contribution is -0.141. The smallest absolute Gasteiger partial charge is 0.326 e. The van der Waals surface area contributed by atoms with Gasteiger partial charge in [0.2, 0.25) is 5.91 Å². The van der Waals surface area contributed by atoms with Gasteiger partial charge in [0, 0.05) is 19.3 Å². The minimum atomic E-state index is -0.984. The van der Waals surface area contributed by atoms with E-state index in [0.717, 1.165) is 12.4 Å². The molecule has 0 rings (SSSR count). The molecule has 18 heavy (non-hydrogen) atoms. The largest absolute Gasteiger partial charge is 0.480 e. The standard InChI is InChI=1S/C12H23NO4S/c1-9(2)8-17-5-7-18-6-4-11(12(15)16)13-10(3)14/h9,11H,4-8H2,1-3H3,(H,13,14)(H,15,16). The Morgan fingerprint density at radius 3 is 2.50 bits per heavy atom. The number of rotatable bonds is 10. The average molecular weight is 277 g/mol. The molecule has 1 atom stereocenters. The fourth-order valence-electron chi connectivity index (χ4n) is 1.24. The minimum Gasteiger partial charge on any atom is -0.480 e. The molecule has 0 aromatic carbocycles. The summed E-state index contributed by atoms with van der Waals surface area (Å²) in [5.41, 5.74) is 0. The summed E-state index contributed by atoms with van der Waals surface area (Å²) in [5, 5.41) is 11.3. The van der Waals surface area contributed by atoms with Gasteiger partial charge in [-0.15, -0.1) is 0 Å². The minimum absolute atomic E-state index is 0.312. The Balaban J connectivity index is 3.55. The molecule has 0 spiro atoms. The maximum absolute atomic E-state index is 10.8. The monoisotopic (exact) mass is 277 g/mol. The van der Waals surface area contributed by atoms with Crippen LogP contribution in [-0.4, -0.2) is 47.7 Å². The molecule has 1 unspecified atom stereocenters. The molecular weight excluding hydrogens is 254 g/mol. The molecule has 0 heterocycles. The van der Waals surface area contributed by atoms with Gasteiger partial charge in [0.15, 0.2) is 0 Å². The van der Waals surface area contributed by atoms with Crippen LogP contribution in [0.5, 0.6) is 0 Å². The summed E-state index contributed by atoms with van der Waals surface area (Å²) in [5.74, 6) is 0.780. The van der Waals surface area contributed by atoms with E-state index in [9.17, 15) is 9.59 Å². The van der Waals surface area contributed by atoms with Crippen LogP contribution in [0.1, 0.15) is 27.2 Å². The van der Waals surface area contributed by atoms with E-state index in [1.165, 1.54) is 6.92 Å². The number of carbonyl (C=O) groups excluding carboxylic acids is 1. The molecule has 0 aliphatic heterocycles. The highest BCUT2D eigenvalue weighted by Crippen LogP contribution is 2.06. The first-order valence-corrected chi connectivity index (χ1v) is 7.24. The van der Waals surface area contributed by atoms with Crippen molar-refractivity contribution < 1.29 is 19.4 Å². The lowest BCUT2D eigenvalue weighted by Crippen LogP contribution is -2.39. The molecule has 0 fully saturated rings. The Labute approximate surface area is 113 Å². The zero-order valence-electron chi connectivity index (χ0n) is 11.3. The van der Waals surface area contributed by atoms with E-state index in [1.807, 2.05) is 0 Å². The van der Waals surface area contributed by atoms with Crippen molar-refractivity contribution in [1.29, 1.82) is 0 Å². The van der Waals surface area contributed by atoms with E-state index in [-0.39, 0.29) is 5.91 Å². The maximum atomic E-state index is 10.8. The number of aliphatic carboxylic acids is 1. The van der Waals surface area contributed by atoms with Crippen molar-refractivity contribution in [3.63, 3.8) is 0 Å². The second-order valence-corrected chi connectivity index (χ2v) is 5.69. The first-order valence-electron chi connectivity index (χ1n) is 6.09. The number of hydrogen-bond acceptors (Lipinski definition) is 4. The Kier molecular flexibility index (Phi) is 9.77. The predicted molar refractivity (Wildman–Crippen MR) is 72.8 cm³/mol. The Morgan fingerprint density at radius 2 is 2.00 bits per heavy atom. The van der Waals surface area contributed by atoms with Crippen LogP contribution in [0.3, 0.4) is 0 Å². The predicted octanol–water partition coefficient (Wildman–Crippen LogP) is 1.37. The van der Waals surface area contributed by atoms with Crippen LogP contribution in [0.2, 0.25) is 0 Å². The normalized spacial score (nSPS) is 12.4. The highest BCUT2D eigenvalue weighted by molar-refractivity contribution is 7.99.